The fourth-order valence-corrected chi connectivity index (χ4v) is 26.0. The van der Waals surface area contributed by atoms with Gasteiger partial charge in [-0.15, -0.1) is 0 Å². The van der Waals surface area contributed by atoms with Gasteiger partial charge < -0.3 is 14.2 Å². The van der Waals surface area contributed by atoms with Gasteiger partial charge in [-0.1, -0.05) is 307 Å². The van der Waals surface area contributed by atoms with Gasteiger partial charge in [0.25, 0.3) is 0 Å². The van der Waals surface area contributed by atoms with Crippen molar-refractivity contribution >= 4 is 130 Å². The predicted molar refractivity (Wildman–Crippen MR) is 423 cm³/mol. The zero-order valence-electron chi connectivity index (χ0n) is 61.7. The van der Waals surface area contributed by atoms with E-state index in [0.29, 0.717) is 0 Å². The van der Waals surface area contributed by atoms with Crippen molar-refractivity contribution < 1.29 is 8.22 Å². The number of nitrogens with zero attached hydrogens (tertiary/aromatic N) is 3. The number of aromatic nitrogens is 1. The third kappa shape index (κ3) is 9.57. The Hall–Kier alpha value is -11.1. The number of aryl methyl sites for hydroxylation is 2. The lowest BCUT2D eigenvalue weighted by Gasteiger charge is -2.35. The normalized spacial score (nSPS) is 14.1. The molecule has 1 aliphatic rings. The molecule has 0 radical (unpaired) electrons. The summed E-state index contributed by atoms with van der Waals surface area (Å²) in [5, 5.41) is 15.7. The topological polar surface area (TPSA) is 10.9 Å². The van der Waals surface area contributed by atoms with E-state index in [4.69, 9.17) is 8.22 Å². The van der Waals surface area contributed by atoms with Crippen molar-refractivity contribution in [1.29, 1.82) is 0 Å². The Balaban J connectivity index is 0.885. The number of anilines is 6. The zero-order valence-corrected chi connectivity index (χ0v) is 57.7. The Morgan fingerprint density at radius 2 is 0.755 bits per heavy atom. The number of benzene rings is 14. The van der Waals surface area contributed by atoms with E-state index in [2.05, 4.69) is 340 Å². The van der Waals surface area contributed by atoms with Gasteiger partial charge in [-0.25, -0.2) is 0 Å². The van der Waals surface area contributed by atoms with Crippen LogP contribution in [0.4, 0.5) is 34.1 Å². The van der Waals surface area contributed by atoms with Gasteiger partial charge in [-0.05, 0) is 167 Å². The molecule has 3 nitrogen and oxygen atoms in total. The quantitative estimate of drug-likeness (QED) is 0.0794. The summed E-state index contributed by atoms with van der Waals surface area (Å²) < 4.78 is 53.3. The first kappa shape index (κ1) is 54.1. The first-order valence-corrected chi connectivity index (χ1v) is 38.1. The summed E-state index contributed by atoms with van der Waals surface area (Å²) in [5.74, 6) is 0. The van der Waals surface area contributed by atoms with Gasteiger partial charge in [-0.2, -0.15) is 0 Å². The Bertz CT molecular complexity index is 5650. The fraction of sp³-hybridized carbons (Fsp3) is 0.0968. The number of rotatable bonds is 14. The minimum absolute atomic E-state index is 0.142. The molecule has 0 saturated heterocycles. The Morgan fingerprint density at radius 1 is 0.357 bits per heavy atom. The van der Waals surface area contributed by atoms with E-state index >= 15 is 0 Å². The maximum absolute atomic E-state index is 8.52. The van der Waals surface area contributed by atoms with Gasteiger partial charge >= 0.3 is 0 Å². The Morgan fingerprint density at radius 3 is 1.17 bits per heavy atom. The van der Waals surface area contributed by atoms with Crippen LogP contribution in [0.5, 0.6) is 0 Å². The van der Waals surface area contributed by atoms with Crippen molar-refractivity contribution in [1.82, 2.24) is 4.40 Å². The summed E-state index contributed by atoms with van der Waals surface area (Å²) in [4.78, 5) is 4.62. The standard InChI is InChI=1S/C93H77N3Si2/c1-64-38-44-69(45-39-64)94(70-49-53-80(54-50-70)97(74-26-14-8-15-27-74,75-28-16-9-17-29-75)76-30-18-10-19-31-76)73-48-42-66-61-83-82-57-59-86(89-88-84-63-68(92(3,4)5)43-58-85(84)93(6,7)91(88)96(90(82)89)87(83)62-67(66)60-73)95(71-46-40-65(2)41-47-71)72-51-55-81(56-52-72)98(77-32-20-11-21-33-77,78-34-22-12-23-35-78)79-36-24-13-25-37-79/h8-63H,1-7H3/i1D3,2D3. The molecule has 0 fully saturated rings. The SMILES string of the molecule is [2H]C([2H])([2H])c1ccc(N(c2ccc([Si](c3ccccc3)(c3ccccc3)c3ccccc3)cc2)c2ccc3cc4c5ccc(N(c6ccc(C([2H])([2H])[2H])cc6)c6ccc([Si](c7ccccc7)(c7ccccc7)c7ccccc7)cc6)c6c7c(n(c4cc3c2)c65)C(C)(C)c2ccc(C(C)(C)C)cc2-7)cc1. The molecule has 17 rings (SSSR count). The molecule has 0 amide bonds. The highest BCUT2D eigenvalue weighted by molar-refractivity contribution is 7.20. The molecule has 2 heterocycles. The molecule has 0 aliphatic heterocycles. The van der Waals surface area contributed by atoms with E-state index in [1.807, 2.05) is 24.3 Å². The lowest BCUT2D eigenvalue weighted by atomic mass is 9.81. The second-order valence-electron chi connectivity index (χ2n) is 28.0. The van der Waals surface area contributed by atoms with E-state index in [1.54, 1.807) is 24.3 Å². The maximum atomic E-state index is 8.52. The molecule has 16 aromatic rings. The molecular weight excluding hydrogens is 1220 g/mol. The van der Waals surface area contributed by atoms with E-state index in [1.165, 1.54) is 69.4 Å². The van der Waals surface area contributed by atoms with E-state index in [9.17, 15) is 0 Å². The maximum Gasteiger partial charge on any atom is 0.179 e. The lowest BCUT2D eigenvalue weighted by Crippen LogP contribution is -2.74. The van der Waals surface area contributed by atoms with Gasteiger partial charge in [0.15, 0.2) is 16.1 Å². The molecule has 0 spiro atoms. The van der Waals surface area contributed by atoms with Crippen molar-refractivity contribution in [2.75, 3.05) is 9.80 Å². The van der Waals surface area contributed by atoms with E-state index in [-0.39, 0.29) is 16.5 Å². The second kappa shape index (κ2) is 23.6. The van der Waals surface area contributed by atoms with Crippen molar-refractivity contribution in [3.05, 3.63) is 368 Å². The van der Waals surface area contributed by atoms with E-state index < -0.39 is 35.3 Å². The van der Waals surface area contributed by atoms with Crippen LogP contribution in [0, 0.1) is 13.7 Å². The van der Waals surface area contributed by atoms with Crippen LogP contribution >= 0.6 is 0 Å². The van der Waals surface area contributed by atoms with Crippen LogP contribution in [-0.2, 0) is 10.8 Å². The van der Waals surface area contributed by atoms with Crippen LogP contribution in [-0.4, -0.2) is 20.5 Å². The molecule has 0 unspecified atom stereocenters. The molecule has 2 aromatic heterocycles. The van der Waals surface area contributed by atoms with Crippen molar-refractivity contribution in [3.8, 4) is 11.1 Å². The van der Waals surface area contributed by atoms with Crippen molar-refractivity contribution in [2.24, 2.45) is 0 Å². The molecular formula is C93H77N3Si2. The first-order chi connectivity index (χ1) is 50.2. The summed E-state index contributed by atoms with van der Waals surface area (Å²) in [6, 6.07) is 122. The predicted octanol–water partition coefficient (Wildman–Crippen LogP) is 18.8. The molecule has 14 aromatic carbocycles. The van der Waals surface area contributed by atoms with Crippen molar-refractivity contribution in [3.63, 3.8) is 0 Å². The average Bonchev–Trinajstić information content (AvgIpc) is 1.50. The largest absolute Gasteiger partial charge is 0.311 e. The third-order valence-electron chi connectivity index (χ3n) is 21.1. The van der Waals surface area contributed by atoms with Gasteiger partial charge in [0, 0.05) is 69.5 Å². The fourth-order valence-electron chi connectivity index (χ4n) is 16.5. The summed E-state index contributed by atoms with van der Waals surface area (Å²) in [6.07, 6.45) is 0. The monoisotopic (exact) mass is 1300 g/mol. The zero-order chi connectivity index (χ0) is 71.5. The summed E-state index contributed by atoms with van der Waals surface area (Å²) >= 11 is 0. The summed E-state index contributed by atoms with van der Waals surface area (Å²) in [7, 11) is -5.81. The minimum atomic E-state index is -2.93. The second-order valence-corrected chi connectivity index (χ2v) is 35.6. The smallest absolute Gasteiger partial charge is 0.179 e. The highest BCUT2D eigenvalue weighted by Gasteiger charge is 2.45. The van der Waals surface area contributed by atoms with Crippen LogP contribution in [0.3, 0.4) is 0 Å². The number of hydrogen-bond acceptors (Lipinski definition) is 2. The molecule has 0 bridgehead atoms. The molecule has 5 heteroatoms. The van der Waals surface area contributed by atoms with Gasteiger partial charge in [-0.3, -0.25) is 0 Å². The minimum Gasteiger partial charge on any atom is -0.311 e. The Kier molecular flexibility index (Phi) is 13.0. The van der Waals surface area contributed by atoms with Crippen LogP contribution in [0.25, 0.3) is 49.1 Å². The third-order valence-corrected chi connectivity index (χ3v) is 30.7. The molecule has 98 heavy (non-hydrogen) atoms. The number of hydrogen-bond donors (Lipinski definition) is 0. The van der Waals surface area contributed by atoms with Crippen LogP contribution in [0.2, 0.25) is 0 Å². The van der Waals surface area contributed by atoms with Gasteiger partial charge in [0.2, 0.25) is 0 Å². The highest BCUT2D eigenvalue weighted by Crippen LogP contribution is 2.59. The highest BCUT2D eigenvalue weighted by atomic mass is 28.3. The number of fused-ring (bicyclic) bond motifs is 9. The van der Waals surface area contributed by atoms with Crippen molar-refractivity contribution in [2.45, 2.75) is 59.2 Å². The molecule has 472 valence electrons. The van der Waals surface area contributed by atoms with Crippen LogP contribution < -0.4 is 51.3 Å². The molecule has 0 N–H and O–H groups in total. The van der Waals surface area contributed by atoms with Crippen LogP contribution in [0.15, 0.2) is 340 Å². The summed E-state index contributed by atoms with van der Waals surface area (Å²) in [6.45, 7) is 7.06. The van der Waals surface area contributed by atoms with Crippen LogP contribution in [0.1, 0.15) is 70.8 Å². The van der Waals surface area contributed by atoms with Gasteiger partial charge in [0.05, 0.1) is 16.7 Å². The molecule has 0 atom stereocenters. The molecule has 0 saturated carbocycles. The lowest BCUT2D eigenvalue weighted by molar-refractivity contribution is 0.588. The van der Waals surface area contributed by atoms with E-state index in [0.717, 1.165) is 72.1 Å². The Labute approximate surface area is 586 Å². The first-order valence-electron chi connectivity index (χ1n) is 37.1. The van der Waals surface area contributed by atoms with Gasteiger partial charge in [0.1, 0.15) is 0 Å². The molecule has 1 aliphatic carbocycles. The summed E-state index contributed by atoms with van der Waals surface area (Å²) in [5.41, 5.74) is 13.8. The average molecular weight is 1300 g/mol.